The number of rotatable bonds is 3. The molecule has 2 rings (SSSR count). The van der Waals surface area contributed by atoms with Crippen LogP contribution in [0.2, 0.25) is 0 Å². The molecule has 0 spiro atoms. The van der Waals surface area contributed by atoms with E-state index in [0.29, 0.717) is 11.4 Å². The lowest BCUT2D eigenvalue weighted by Gasteiger charge is -2.13. The molecule has 2 heterocycles. The van der Waals surface area contributed by atoms with Gasteiger partial charge in [0.25, 0.3) is 0 Å². The molecule has 98 valence electrons. The molecule has 0 fully saturated rings. The van der Waals surface area contributed by atoms with Crippen molar-refractivity contribution < 1.29 is 0 Å². The summed E-state index contributed by atoms with van der Waals surface area (Å²) < 4.78 is 0. The van der Waals surface area contributed by atoms with Crippen LogP contribution in [0.4, 0.5) is 5.82 Å². The van der Waals surface area contributed by atoms with Gasteiger partial charge in [0.05, 0.1) is 0 Å². The maximum absolute atomic E-state index is 9.39. The van der Waals surface area contributed by atoms with Crippen LogP contribution in [-0.4, -0.2) is 4.98 Å². The van der Waals surface area contributed by atoms with Crippen molar-refractivity contribution >= 4 is 17.2 Å². The molecule has 2 N–H and O–H groups in total. The van der Waals surface area contributed by atoms with Crippen LogP contribution in [0, 0.1) is 25.2 Å². The Kier molecular flexibility index (Phi) is 3.87. The number of pyridine rings is 1. The number of hydrogen-bond acceptors (Lipinski definition) is 4. The summed E-state index contributed by atoms with van der Waals surface area (Å²) in [5.74, 6) is 0.334. The van der Waals surface area contributed by atoms with E-state index in [0.717, 1.165) is 34.5 Å². The van der Waals surface area contributed by atoms with Crippen LogP contribution in [0.25, 0.3) is 10.4 Å². The van der Waals surface area contributed by atoms with Gasteiger partial charge in [0, 0.05) is 21.0 Å². The Morgan fingerprint density at radius 1 is 1.37 bits per heavy atom. The standard InChI is InChI=1S/C15H17N3S/c1-4-5-11-10(3)18-15(17)12(8-16)14(11)13-7-6-9(2)19-13/h6-7H,4-5H2,1-3H3,(H2,17,18). The minimum Gasteiger partial charge on any atom is -0.383 e. The average Bonchev–Trinajstić information content (AvgIpc) is 2.78. The number of nitrogens with zero attached hydrogens (tertiary/aromatic N) is 2. The quantitative estimate of drug-likeness (QED) is 0.922. The molecule has 2 aromatic heterocycles. The van der Waals surface area contributed by atoms with Gasteiger partial charge < -0.3 is 5.73 Å². The lowest BCUT2D eigenvalue weighted by Crippen LogP contribution is -2.04. The summed E-state index contributed by atoms with van der Waals surface area (Å²) in [7, 11) is 0. The number of nitriles is 1. The first-order valence-corrected chi connectivity index (χ1v) is 7.16. The van der Waals surface area contributed by atoms with Crippen molar-refractivity contribution in [3.8, 4) is 16.5 Å². The third-order valence-corrected chi connectivity index (χ3v) is 4.15. The normalized spacial score (nSPS) is 10.4. The largest absolute Gasteiger partial charge is 0.383 e. The summed E-state index contributed by atoms with van der Waals surface area (Å²) in [5, 5.41) is 9.39. The van der Waals surface area contributed by atoms with Crippen molar-refractivity contribution in [1.82, 2.24) is 4.98 Å². The lowest BCUT2D eigenvalue weighted by atomic mass is 9.96. The Morgan fingerprint density at radius 2 is 2.11 bits per heavy atom. The fraction of sp³-hybridized carbons (Fsp3) is 0.333. The predicted octanol–water partition coefficient (Wildman–Crippen LogP) is 3.83. The number of nitrogen functional groups attached to an aromatic ring is 1. The second-order valence-corrected chi connectivity index (χ2v) is 5.87. The van der Waals surface area contributed by atoms with Crippen molar-refractivity contribution in [2.24, 2.45) is 0 Å². The van der Waals surface area contributed by atoms with E-state index < -0.39 is 0 Å². The second kappa shape index (κ2) is 5.41. The van der Waals surface area contributed by atoms with E-state index in [-0.39, 0.29) is 0 Å². The molecule has 0 unspecified atom stereocenters. The highest BCUT2D eigenvalue weighted by Crippen LogP contribution is 2.36. The molecule has 0 aliphatic heterocycles. The first-order valence-electron chi connectivity index (χ1n) is 6.34. The maximum atomic E-state index is 9.39. The van der Waals surface area contributed by atoms with E-state index in [4.69, 9.17) is 5.73 Å². The third kappa shape index (κ3) is 2.47. The Bertz CT molecular complexity index is 650. The lowest BCUT2D eigenvalue weighted by molar-refractivity contribution is 0.901. The van der Waals surface area contributed by atoms with Crippen molar-refractivity contribution in [2.75, 3.05) is 5.73 Å². The molecule has 19 heavy (non-hydrogen) atoms. The van der Waals surface area contributed by atoms with Crippen LogP contribution < -0.4 is 5.73 Å². The van der Waals surface area contributed by atoms with Gasteiger partial charge in [-0.25, -0.2) is 4.98 Å². The van der Waals surface area contributed by atoms with Crippen LogP contribution >= 0.6 is 11.3 Å². The second-order valence-electron chi connectivity index (χ2n) is 4.58. The predicted molar refractivity (Wildman–Crippen MR) is 80.1 cm³/mol. The molecule has 0 saturated carbocycles. The highest BCUT2D eigenvalue weighted by molar-refractivity contribution is 7.15. The number of nitrogens with two attached hydrogens (primary N) is 1. The third-order valence-electron chi connectivity index (χ3n) is 3.13. The van der Waals surface area contributed by atoms with Gasteiger partial charge in [0.2, 0.25) is 0 Å². The SMILES string of the molecule is CCCc1c(C)nc(N)c(C#N)c1-c1ccc(C)s1. The van der Waals surface area contributed by atoms with Crippen molar-refractivity contribution in [2.45, 2.75) is 33.6 Å². The smallest absolute Gasteiger partial charge is 0.142 e. The van der Waals surface area contributed by atoms with Gasteiger partial charge >= 0.3 is 0 Å². The summed E-state index contributed by atoms with van der Waals surface area (Å²) in [6, 6.07) is 6.35. The molecule has 4 heteroatoms. The van der Waals surface area contributed by atoms with Crippen LogP contribution in [0.5, 0.6) is 0 Å². The van der Waals surface area contributed by atoms with Crippen molar-refractivity contribution in [3.05, 3.63) is 33.8 Å². The van der Waals surface area contributed by atoms with Crippen molar-refractivity contribution in [1.29, 1.82) is 5.26 Å². The number of thiophene rings is 1. The van der Waals surface area contributed by atoms with Gasteiger partial charge in [0.15, 0.2) is 0 Å². The molecule has 0 saturated heterocycles. The minimum atomic E-state index is 0.334. The topological polar surface area (TPSA) is 62.7 Å². The van der Waals surface area contributed by atoms with Crippen LogP contribution in [0.15, 0.2) is 12.1 Å². The van der Waals surface area contributed by atoms with E-state index in [1.54, 1.807) is 11.3 Å². The molecular weight excluding hydrogens is 254 g/mol. The van der Waals surface area contributed by atoms with Gasteiger partial charge in [-0.2, -0.15) is 5.26 Å². The summed E-state index contributed by atoms with van der Waals surface area (Å²) in [4.78, 5) is 6.65. The Balaban J connectivity index is 2.77. The number of anilines is 1. The molecule has 0 aliphatic rings. The number of aryl methyl sites for hydroxylation is 2. The summed E-state index contributed by atoms with van der Waals surface area (Å²) >= 11 is 1.69. The van der Waals surface area contributed by atoms with Gasteiger partial charge in [-0.15, -0.1) is 11.3 Å². The highest BCUT2D eigenvalue weighted by Gasteiger charge is 2.18. The average molecular weight is 271 g/mol. The minimum absolute atomic E-state index is 0.334. The summed E-state index contributed by atoms with van der Waals surface area (Å²) in [6.45, 7) is 6.16. The molecule has 0 radical (unpaired) electrons. The zero-order chi connectivity index (χ0) is 14.0. The van der Waals surface area contributed by atoms with Crippen LogP contribution in [0.3, 0.4) is 0 Å². The monoisotopic (exact) mass is 271 g/mol. The molecular formula is C15H17N3S. The number of aromatic nitrogens is 1. The fourth-order valence-corrected chi connectivity index (χ4v) is 3.22. The van der Waals surface area contributed by atoms with E-state index in [2.05, 4.69) is 37.0 Å². The summed E-state index contributed by atoms with van der Waals surface area (Å²) in [5.41, 5.74) is 9.48. The van der Waals surface area contributed by atoms with Gasteiger partial charge in [-0.05, 0) is 38.0 Å². The Labute approximate surface area is 117 Å². The first kappa shape index (κ1) is 13.6. The molecule has 0 aliphatic carbocycles. The van der Waals surface area contributed by atoms with E-state index in [1.807, 2.05) is 6.92 Å². The van der Waals surface area contributed by atoms with E-state index >= 15 is 0 Å². The van der Waals surface area contributed by atoms with Gasteiger partial charge in [-0.1, -0.05) is 13.3 Å². The van der Waals surface area contributed by atoms with Gasteiger partial charge in [-0.3, -0.25) is 0 Å². The summed E-state index contributed by atoms with van der Waals surface area (Å²) in [6.07, 6.45) is 1.94. The highest BCUT2D eigenvalue weighted by atomic mass is 32.1. The zero-order valence-corrected chi connectivity index (χ0v) is 12.3. The van der Waals surface area contributed by atoms with Crippen LogP contribution in [-0.2, 0) is 6.42 Å². The van der Waals surface area contributed by atoms with Gasteiger partial charge in [0.1, 0.15) is 17.5 Å². The molecule has 2 aromatic rings. The molecule has 0 amide bonds. The number of hydrogen-bond donors (Lipinski definition) is 1. The van der Waals surface area contributed by atoms with Crippen molar-refractivity contribution in [3.63, 3.8) is 0 Å². The van der Waals surface area contributed by atoms with E-state index in [9.17, 15) is 5.26 Å². The molecule has 3 nitrogen and oxygen atoms in total. The van der Waals surface area contributed by atoms with Crippen LogP contribution in [0.1, 0.15) is 35.0 Å². The maximum Gasteiger partial charge on any atom is 0.142 e. The van der Waals surface area contributed by atoms with E-state index in [1.165, 1.54) is 4.88 Å². The zero-order valence-electron chi connectivity index (χ0n) is 11.4. The molecule has 0 atom stereocenters. The molecule has 0 bridgehead atoms. The fourth-order valence-electron chi connectivity index (χ4n) is 2.27. The Hall–Kier alpha value is -1.86. The molecule has 0 aromatic carbocycles. The Morgan fingerprint density at radius 3 is 2.63 bits per heavy atom. The first-order chi connectivity index (χ1) is 9.08.